The molecule has 1 fully saturated rings. The minimum absolute atomic E-state index is 0.0552. The number of nitrogens with one attached hydrogen (secondary N) is 1. The number of ether oxygens (including phenoxy) is 1. The Kier molecular flexibility index (Phi) is 4.79. The maximum Gasteiger partial charge on any atom is 0.366 e. The van der Waals surface area contributed by atoms with E-state index in [0.29, 0.717) is 18.8 Å². The predicted molar refractivity (Wildman–Crippen MR) is 87.4 cm³/mol. The van der Waals surface area contributed by atoms with Crippen molar-refractivity contribution < 1.29 is 19.2 Å². The molecule has 0 spiro atoms. The molecule has 1 aromatic heterocycles. The number of nitro groups is 1. The molecular formula is C15H19N5O5. The van der Waals surface area contributed by atoms with Gasteiger partial charge in [0.1, 0.15) is 0 Å². The fourth-order valence-corrected chi connectivity index (χ4v) is 2.87. The third-order valence-corrected chi connectivity index (χ3v) is 4.20. The van der Waals surface area contributed by atoms with Gasteiger partial charge in [-0.15, -0.1) is 0 Å². The SMILES string of the molecule is CC1Oc2ccc([N+](=O)[O-])nc2N(CCC(=O)N2CCNCC2)C1=O. The minimum Gasteiger partial charge on any atom is -0.475 e. The van der Waals surface area contributed by atoms with Gasteiger partial charge in [-0.05, 0) is 22.9 Å². The maximum absolute atomic E-state index is 12.4. The fraction of sp³-hybridized carbons (Fsp3) is 0.533. The number of carbonyl (C=O) groups is 2. The maximum atomic E-state index is 12.4. The topological polar surface area (TPSA) is 118 Å². The zero-order chi connectivity index (χ0) is 18.0. The van der Waals surface area contributed by atoms with Crippen molar-refractivity contribution in [2.45, 2.75) is 19.4 Å². The monoisotopic (exact) mass is 349 g/mol. The molecule has 134 valence electrons. The molecule has 10 nitrogen and oxygen atoms in total. The Balaban J connectivity index is 1.77. The largest absolute Gasteiger partial charge is 0.475 e. The van der Waals surface area contributed by atoms with E-state index in [1.807, 2.05) is 0 Å². The normalized spacial score (nSPS) is 20.0. The van der Waals surface area contributed by atoms with Gasteiger partial charge in [-0.2, -0.15) is 0 Å². The summed E-state index contributed by atoms with van der Waals surface area (Å²) in [6.07, 6.45) is -0.604. The van der Waals surface area contributed by atoms with Crippen LogP contribution in [0.4, 0.5) is 11.6 Å². The molecule has 3 rings (SSSR count). The summed E-state index contributed by atoms with van der Waals surface area (Å²) < 4.78 is 5.45. The van der Waals surface area contributed by atoms with Crippen LogP contribution in [-0.4, -0.2) is 65.4 Å². The second-order valence-electron chi connectivity index (χ2n) is 5.88. The molecule has 1 N–H and O–H groups in total. The van der Waals surface area contributed by atoms with Crippen molar-refractivity contribution in [3.63, 3.8) is 0 Å². The summed E-state index contributed by atoms with van der Waals surface area (Å²) in [6, 6.07) is 2.65. The molecule has 1 unspecified atom stereocenters. The van der Waals surface area contributed by atoms with Gasteiger partial charge in [0.15, 0.2) is 11.9 Å². The molecule has 0 saturated carbocycles. The van der Waals surface area contributed by atoms with Gasteiger partial charge < -0.3 is 25.1 Å². The highest BCUT2D eigenvalue weighted by Gasteiger charge is 2.37. The Morgan fingerprint density at radius 1 is 1.44 bits per heavy atom. The second kappa shape index (κ2) is 7.01. The van der Waals surface area contributed by atoms with Gasteiger partial charge in [-0.1, -0.05) is 0 Å². The average molecular weight is 349 g/mol. The van der Waals surface area contributed by atoms with Crippen LogP contribution in [0, 0.1) is 10.1 Å². The van der Waals surface area contributed by atoms with Crippen LogP contribution in [0.3, 0.4) is 0 Å². The van der Waals surface area contributed by atoms with Gasteiger partial charge in [-0.25, -0.2) is 0 Å². The number of fused-ring (bicyclic) bond motifs is 1. The van der Waals surface area contributed by atoms with E-state index >= 15 is 0 Å². The van der Waals surface area contributed by atoms with Crippen LogP contribution in [0.15, 0.2) is 12.1 Å². The fourth-order valence-electron chi connectivity index (χ4n) is 2.87. The molecule has 0 radical (unpaired) electrons. The number of carbonyl (C=O) groups excluding carboxylic acids is 2. The number of amides is 2. The summed E-state index contributed by atoms with van der Waals surface area (Å²) in [5, 5.41) is 14.1. The van der Waals surface area contributed by atoms with Crippen molar-refractivity contribution in [1.29, 1.82) is 0 Å². The molecule has 10 heteroatoms. The lowest BCUT2D eigenvalue weighted by molar-refractivity contribution is -0.389. The van der Waals surface area contributed by atoms with Crippen molar-refractivity contribution in [2.75, 3.05) is 37.6 Å². The second-order valence-corrected chi connectivity index (χ2v) is 5.88. The minimum atomic E-state index is -0.731. The number of anilines is 1. The van der Waals surface area contributed by atoms with Crippen LogP contribution in [-0.2, 0) is 9.59 Å². The smallest absolute Gasteiger partial charge is 0.366 e. The molecule has 0 aromatic carbocycles. The van der Waals surface area contributed by atoms with Gasteiger partial charge in [0.05, 0.1) is 0 Å². The Morgan fingerprint density at radius 2 is 2.16 bits per heavy atom. The van der Waals surface area contributed by atoms with Gasteiger partial charge in [-0.3, -0.25) is 14.5 Å². The summed E-state index contributed by atoms with van der Waals surface area (Å²) in [5.74, 6) is -0.407. The number of aromatic nitrogens is 1. The number of hydrogen-bond acceptors (Lipinski definition) is 7. The molecule has 0 aliphatic carbocycles. The first-order chi connectivity index (χ1) is 12.0. The molecule has 2 amide bonds. The van der Waals surface area contributed by atoms with Crippen LogP contribution in [0.5, 0.6) is 5.75 Å². The number of piperazine rings is 1. The van der Waals surface area contributed by atoms with E-state index in [2.05, 4.69) is 10.3 Å². The third-order valence-electron chi connectivity index (χ3n) is 4.20. The van der Waals surface area contributed by atoms with E-state index in [9.17, 15) is 19.7 Å². The zero-order valence-corrected chi connectivity index (χ0v) is 13.8. The van der Waals surface area contributed by atoms with Crippen LogP contribution < -0.4 is 15.0 Å². The van der Waals surface area contributed by atoms with E-state index in [-0.39, 0.29) is 36.4 Å². The van der Waals surface area contributed by atoms with E-state index in [4.69, 9.17) is 4.74 Å². The summed E-state index contributed by atoms with van der Waals surface area (Å²) in [7, 11) is 0. The Labute approximate surface area is 143 Å². The first-order valence-electron chi connectivity index (χ1n) is 8.09. The van der Waals surface area contributed by atoms with Crippen molar-refractivity contribution >= 4 is 23.5 Å². The van der Waals surface area contributed by atoms with Crippen LogP contribution >= 0.6 is 0 Å². The van der Waals surface area contributed by atoms with Gasteiger partial charge >= 0.3 is 5.82 Å². The Bertz CT molecular complexity index is 704. The summed E-state index contributed by atoms with van der Waals surface area (Å²) in [5.41, 5.74) is 0. The molecule has 1 atom stereocenters. The van der Waals surface area contributed by atoms with Gasteiger partial charge in [0, 0.05) is 45.2 Å². The highest BCUT2D eigenvalue weighted by Crippen LogP contribution is 2.34. The first-order valence-corrected chi connectivity index (χ1v) is 8.09. The van der Waals surface area contributed by atoms with Crippen molar-refractivity contribution in [3.05, 3.63) is 22.2 Å². The summed E-state index contributed by atoms with van der Waals surface area (Å²) >= 11 is 0. The first kappa shape index (κ1) is 17.1. The molecule has 1 saturated heterocycles. The molecule has 25 heavy (non-hydrogen) atoms. The van der Waals surface area contributed by atoms with Crippen LogP contribution in [0.1, 0.15) is 13.3 Å². The highest BCUT2D eigenvalue weighted by atomic mass is 16.6. The Morgan fingerprint density at radius 3 is 2.84 bits per heavy atom. The van der Waals surface area contributed by atoms with Crippen LogP contribution in [0.25, 0.3) is 0 Å². The lowest BCUT2D eigenvalue weighted by atomic mass is 10.2. The Hall–Kier alpha value is -2.75. The number of nitrogens with zero attached hydrogens (tertiary/aromatic N) is 4. The van der Waals surface area contributed by atoms with E-state index in [0.717, 1.165) is 13.1 Å². The molecule has 1 aromatic rings. The zero-order valence-electron chi connectivity index (χ0n) is 13.8. The number of pyridine rings is 1. The molecular weight excluding hydrogens is 330 g/mol. The molecule has 0 bridgehead atoms. The number of hydrogen-bond donors (Lipinski definition) is 1. The predicted octanol–water partition coefficient (Wildman–Crippen LogP) is -0.0744. The van der Waals surface area contributed by atoms with Crippen LogP contribution in [0.2, 0.25) is 0 Å². The van der Waals surface area contributed by atoms with Crippen molar-refractivity contribution in [3.8, 4) is 5.75 Å². The standard InChI is InChI=1S/C15H19N5O5/c1-10-15(22)19(7-4-13(21)18-8-5-16-6-9-18)14-11(25-10)2-3-12(17-14)20(23)24/h2-3,10,16H,4-9H2,1H3. The molecule has 2 aliphatic rings. The highest BCUT2D eigenvalue weighted by molar-refractivity contribution is 5.99. The quantitative estimate of drug-likeness (QED) is 0.597. The van der Waals surface area contributed by atoms with Gasteiger partial charge in [0.2, 0.25) is 5.91 Å². The summed E-state index contributed by atoms with van der Waals surface area (Å²) in [4.78, 5) is 42.0. The molecule has 2 aliphatic heterocycles. The van der Waals surface area contributed by atoms with Gasteiger partial charge in [0.25, 0.3) is 11.7 Å². The van der Waals surface area contributed by atoms with E-state index < -0.39 is 11.0 Å². The molecule has 3 heterocycles. The van der Waals surface area contributed by atoms with E-state index in [1.54, 1.807) is 11.8 Å². The van der Waals surface area contributed by atoms with Crippen molar-refractivity contribution in [2.24, 2.45) is 0 Å². The lowest BCUT2D eigenvalue weighted by Crippen LogP contribution is -2.49. The third kappa shape index (κ3) is 3.53. The van der Waals surface area contributed by atoms with E-state index in [1.165, 1.54) is 17.0 Å². The lowest BCUT2D eigenvalue weighted by Gasteiger charge is -2.31. The number of rotatable bonds is 4. The summed E-state index contributed by atoms with van der Waals surface area (Å²) in [6.45, 7) is 4.46. The average Bonchev–Trinajstić information content (AvgIpc) is 2.62. The van der Waals surface area contributed by atoms with Crippen molar-refractivity contribution in [1.82, 2.24) is 15.2 Å².